The summed E-state index contributed by atoms with van der Waals surface area (Å²) in [7, 11) is 0. The van der Waals surface area contributed by atoms with E-state index in [1.54, 1.807) is 0 Å². The molecule has 0 spiro atoms. The summed E-state index contributed by atoms with van der Waals surface area (Å²) in [6.07, 6.45) is 15.4. The summed E-state index contributed by atoms with van der Waals surface area (Å²) < 4.78 is 0. The Labute approximate surface area is 128 Å². The molecule has 1 N–H and O–H groups in total. The Morgan fingerprint density at radius 1 is 0.550 bits per heavy atom. The standard InChI is InChI=1S/C19H39N/c1-5-9-13-16-17(14-10-6-2)19(15-11-7-3)20-18(16)12-8-4/h16-20H,5-15H2,1-4H3. The highest BCUT2D eigenvalue weighted by atomic mass is 15.0. The van der Waals surface area contributed by atoms with Crippen LogP contribution >= 0.6 is 0 Å². The number of rotatable bonds is 11. The van der Waals surface area contributed by atoms with Gasteiger partial charge >= 0.3 is 0 Å². The van der Waals surface area contributed by atoms with Gasteiger partial charge < -0.3 is 5.32 Å². The Morgan fingerprint density at radius 2 is 1.00 bits per heavy atom. The van der Waals surface area contributed by atoms with Crippen LogP contribution in [0.15, 0.2) is 0 Å². The minimum absolute atomic E-state index is 0.815. The third kappa shape index (κ3) is 5.39. The lowest BCUT2D eigenvalue weighted by Gasteiger charge is -2.25. The molecule has 0 aromatic carbocycles. The van der Waals surface area contributed by atoms with Gasteiger partial charge in [0, 0.05) is 12.1 Å². The van der Waals surface area contributed by atoms with Crippen molar-refractivity contribution in [3.8, 4) is 0 Å². The molecule has 1 heterocycles. The second-order valence-corrected chi connectivity index (χ2v) is 6.92. The van der Waals surface area contributed by atoms with Crippen LogP contribution in [0.25, 0.3) is 0 Å². The topological polar surface area (TPSA) is 12.0 Å². The largest absolute Gasteiger partial charge is 0.311 e. The smallest absolute Gasteiger partial charge is 0.0101 e. The second kappa shape index (κ2) is 10.7. The van der Waals surface area contributed by atoms with Crippen LogP contribution < -0.4 is 5.32 Å². The molecule has 0 bridgehead atoms. The van der Waals surface area contributed by atoms with Crippen LogP contribution in [-0.2, 0) is 0 Å². The summed E-state index contributed by atoms with van der Waals surface area (Å²) in [5, 5.41) is 4.04. The first kappa shape index (κ1) is 18.0. The van der Waals surface area contributed by atoms with Crippen molar-refractivity contribution < 1.29 is 0 Å². The maximum Gasteiger partial charge on any atom is 0.0101 e. The van der Waals surface area contributed by atoms with Crippen LogP contribution in [-0.4, -0.2) is 12.1 Å². The molecule has 0 saturated carbocycles. The Bertz CT molecular complexity index is 226. The van der Waals surface area contributed by atoms with Gasteiger partial charge in [-0.05, 0) is 37.5 Å². The van der Waals surface area contributed by atoms with Crippen molar-refractivity contribution in [2.45, 2.75) is 110 Å². The molecule has 1 rings (SSSR count). The highest BCUT2D eigenvalue weighted by Crippen LogP contribution is 2.38. The van der Waals surface area contributed by atoms with Gasteiger partial charge in [0.2, 0.25) is 0 Å². The lowest BCUT2D eigenvalue weighted by Crippen LogP contribution is -2.32. The fraction of sp³-hybridized carbons (Fsp3) is 1.00. The Balaban J connectivity index is 2.67. The molecule has 1 fully saturated rings. The first-order valence-corrected chi connectivity index (χ1v) is 9.54. The Kier molecular flexibility index (Phi) is 9.59. The monoisotopic (exact) mass is 281 g/mol. The minimum atomic E-state index is 0.815. The molecule has 0 radical (unpaired) electrons. The van der Waals surface area contributed by atoms with Crippen molar-refractivity contribution in [1.29, 1.82) is 0 Å². The van der Waals surface area contributed by atoms with Crippen LogP contribution in [0.5, 0.6) is 0 Å². The van der Waals surface area contributed by atoms with E-state index in [9.17, 15) is 0 Å². The van der Waals surface area contributed by atoms with Crippen LogP contribution in [0.1, 0.15) is 98.3 Å². The summed E-state index contributed by atoms with van der Waals surface area (Å²) in [6.45, 7) is 9.36. The average Bonchev–Trinajstić information content (AvgIpc) is 2.78. The molecule has 0 amide bonds. The van der Waals surface area contributed by atoms with E-state index in [0.29, 0.717) is 0 Å². The average molecular weight is 282 g/mol. The molecule has 1 saturated heterocycles. The van der Waals surface area contributed by atoms with Crippen molar-refractivity contribution in [2.75, 3.05) is 0 Å². The zero-order valence-corrected chi connectivity index (χ0v) is 14.6. The summed E-state index contributed by atoms with van der Waals surface area (Å²) in [4.78, 5) is 0. The third-order valence-electron chi connectivity index (χ3n) is 5.26. The van der Waals surface area contributed by atoms with Gasteiger partial charge in [-0.2, -0.15) is 0 Å². The minimum Gasteiger partial charge on any atom is -0.311 e. The molecule has 0 aliphatic carbocycles. The molecule has 1 aliphatic rings. The number of unbranched alkanes of at least 4 members (excludes halogenated alkanes) is 3. The summed E-state index contributed by atoms with van der Waals surface area (Å²) in [5.41, 5.74) is 0. The van der Waals surface area contributed by atoms with E-state index in [4.69, 9.17) is 0 Å². The number of nitrogens with one attached hydrogen (secondary N) is 1. The summed E-state index contributed by atoms with van der Waals surface area (Å²) >= 11 is 0. The van der Waals surface area contributed by atoms with Gasteiger partial charge in [0.15, 0.2) is 0 Å². The van der Waals surface area contributed by atoms with E-state index in [2.05, 4.69) is 33.0 Å². The molecule has 1 aliphatic heterocycles. The molecule has 1 nitrogen and oxygen atoms in total. The van der Waals surface area contributed by atoms with Crippen LogP contribution in [0.4, 0.5) is 0 Å². The predicted octanol–water partition coefficient (Wildman–Crippen LogP) is 5.93. The van der Waals surface area contributed by atoms with Crippen LogP contribution in [0, 0.1) is 11.8 Å². The zero-order chi connectivity index (χ0) is 14.8. The second-order valence-electron chi connectivity index (χ2n) is 6.92. The highest BCUT2D eigenvalue weighted by molar-refractivity contribution is 4.96. The fourth-order valence-electron chi connectivity index (χ4n) is 4.16. The lowest BCUT2D eigenvalue weighted by molar-refractivity contribution is 0.278. The maximum absolute atomic E-state index is 4.04. The van der Waals surface area contributed by atoms with E-state index in [-0.39, 0.29) is 0 Å². The summed E-state index contributed by atoms with van der Waals surface area (Å²) in [6, 6.07) is 1.63. The van der Waals surface area contributed by atoms with Crippen molar-refractivity contribution >= 4 is 0 Å². The molecule has 20 heavy (non-hydrogen) atoms. The van der Waals surface area contributed by atoms with E-state index in [1.165, 1.54) is 70.6 Å². The van der Waals surface area contributed by atoms with Gasteiger partial charge in [-0.25, -0.2) is 0 Å². The van der Waals surface area contributed by atoms with Crippen LogP contribution in [0.3, 0.4) is 0 Å². The van der Waals surface area contributed by atoms with Crippen molar-refractivity contribution in [3.63, 3.8) is 0 Å². The number of hydrogen-bond donors (Lipinski definition) is 1. The number of hydrogen-bond acceptors (Lipinski definition) is 1. The molecule has 4 unspecified atom stereocenters. The maximum atomic E-state index is 4.04. The zero-order valence-electron chi connectivity index (χ0n) is 14.6. The van der Waals surface area contributed by atoms with Gasteiger partial charge in [-0.1, -0.05) is 72.6 Å². The van der Waals surface area contributed by atoms with Crippen molar-refractivity contribution in [1.82, 2.24) is 5.32 Å². The fourth-order valence-corrected chi connectivity index (χ4v) is 4.16. The van der Waals surface area contributed by atoms with Gasteiger partial charge in [-0.3, -0.25) is 0 Å². The van der Waals surface area contributed by atoms with Gasteiger partial charge in [-0.15, -0.1) is 0 Å². The molecule has 0 aromatic heterocycles. The molecular formula is C19H39N. The highest BCUT2D eigenvalue weighted by Gasteiger charge is 2.40. The quantitative estimate of drug-likeness (QED) is 0.495. The van der Waals surface area contributed by atoms with Gasteiger partial charge in [0.05, 0.1) is 0 Å². The first-order chi connectivity index (χ1) is 9.78. The Hall–Kier alpha value is -0.0400. The van der Waals surface area contributed by atoms with E-state index in [1.807, 2.05) is 0 Å². The molecule has 4 atom stereocenters. The van der Waals surface area contributed by atoms with Crippen molar-refractivity contribution in [3.05, 3.63) is 0 Å². The van der Waals surface area contributed by atoms with E-state index >= 15 is 0 Å². The Morgan fingerprint density at radius 3 is 1.45 bits per heavy atom. The molecular weight excluding hydrogens is 242 g/mol. The summed E-state index contributed by atoms with van der Waals surface area (Å²) in [5.74, 6) is 1.92. The van der Waals surface area contributed by atoms with Crippen LogP contribution in [0.2, 0.25) is 0 Å². The van der Waals surface area contributed by atoms with Crippen molar-refractivity contribution in [2.24, 2.45) is 11.8 Å². The predicted molar refractivity (Wildman–Crippen MR) is 91.2 cm³/mol. The lowest BCUT2D eigenvalue weighted by atomic mass is 9.78. The molecule has 1 heteroatoms. The van der Waals surface area contributed by atoms with E-state index < -0.39 is 0 Å². The molecule has 120 valence electrons. The van der Waals surface area contributed by atoms with Gasteiger partial charge in [0.25, 0.3) is 0 Å². The van der Waals surface area contributed by atoms with E-state index in [0.717, 1.165) is 23.9 Å². The normalized spacial score (nSPS) is 30.0. The third-order valence-corrected chi connectivity index (χ3v) is 5.26. The SMILES string of the molecule is CCCCC1NC(CCC)C(CCCC)C1CCCC. The first-order valence-electron chi connectivity index (χ1n) is 9.54. The molecule has 0 aromatic rings. The van der Waals surface area contributed by atoms with Gasteiger partial charge in [0.1, 0.15) is 0 Å².